The third-order valence-electron chi connectivity index (χ3n) is 1.79. The number of amides is 1. The molecule has 1 aromatic rings. The van der Waals surface area contributed by atoms with Crippen LogP contribution in [0, 0.1) is 17.0 Å². The maximum Gasteiger partial charge on any atom is 0.406 e. The van der Waals surface area contributed by atoms with Gasteiger partial charge >= 0.3 is 5.82 Å². The lowest BCUT2D eigenvalue weighted by atomic mass is 10.3. The Morgan fingerprint density at radius 3 is 2.88 bits per heavy atom. The first-order chi connectivity index (χ1) is 7.54. The number of hydrogen-bond donors (Lipinski definition) is 1. The van der Waals surface area contributed by atoms with Gasteiger partial charge in [0.05, 0.1) is 0 Å². The van der Waals surface area contributed by atoms with Crippen molar-refractivity contribution in [3.8, 4) is 5.75 Å². The van der Waals surface area contributed by atoms with E-state index in [0.29, 0.717) is 5.69 Å². The molecule has 16 heavy (non-hydrogen) atoms. The van der Waals surface area contributed by atoms with Crippen LogP contribution in [0.1, 0.15) is 5.69 Å². The lowest BCUT2D eigenvalue weighted by molar-refractivity contribution is -0.390. The fourth-order valence-electron chi connectivity index (χ4n) is 0.989. The summed E-state index contributed by atoms with van der Waals surface area (Å²) in [7, 11) is 1.45. The van der Waals surface area contributed by atoms with Crippen LogP contribution in [-0.2, 0) is 4.79 Å². The van der Waals surface area contributed by atoms with E-state index >= 15 is 0 Å². The maximum atomic E-state index is 10.9. The van der Waals surface area contributed by atoms with Crippen molar-refractivity contribution in [3.05, 3.63) is 27.9 Å². The largest absolute Gasteiger partial charge is 0.476 e. The molecule has 0 radical (unpaired) electrons. The molecule has 0 fully saturated rings. The molecule has 0 spiro atoms. The first-order valence-electron chi connectivity index (χ1n) is 4.50. The number of nitrogens with zero attached hydrogens (tertiary/aromatic N) is 2. The normalized spacial score (nSPS) is 9.62. The zero-order valence-corrected chi connectivity index (χ0v) is 8.89. The summed E-state index contributed by atoms with van der Waals surface area (Å²) >= 11 is 0. The lowest BCUT2D eigenvalue weighted by Gasteiger charge is -2.05. The van der Waals surface area contributed by atoms with E-state index in [1.165, 1.54) is 13.1 Å². The maximum absolute atomic E-state index is 10.9. The molecule has 0 aliphatic carbocycles. The van der Waals surface area contributed by atoms with Crippen LogP contribution in [0.25, 0.3) is 0 Å². The van der Waals surface area contributed by atoms with E-state index in [0.717, 1.165) is 0 Å². The highest BCUT2D eigenvalue weighted by Crippen LogP contribution is 2.24. The highest BCUT2D eigenvalue weighted by Gasteiger charge is 2.18. The van der Waals surface area contributed by atoms with Crippen molar-refractivity contribution in [1.82, 2.24) is 10.3 Å². The smallest absolute Gasteiger partial charge is 0.406 e. The fraction of sp³-hybridized carbons (Fsp3) is 0.333. The van der Waals surface area contributed by atoms with Gasteiger partial charge in [0, 0.05) is 14.0 Å². The zero-order valence-electron chi connectivity index (χ0n) is 8.89. The van der Waals surface area contributed by atoms with E-state index in [4.69, 9.17) is 4.74 Å². The highest BCUT2D eigenvalue weighted by atomic mass is 16.6. The Morgan fingerprint density at radius 1 is 1.62 bits per heavy atom. The molecule has 0 aromatic carbocycles. The summed E-state index contributed by atoms with van der Waals surface area (Å²) in [4.78, 5) is 24.6. The van der Waals surface area contributed by atoms with Crippen LogP contribution >= 0.6 is 0 Å². The molecule has 86 valence electrons. The molecule has 0 aliphatic heterocycles. The van der Waals surface area contributed by atoms with Gasteiger partial charge in [0.2, 0.25) is 5.75 Å². The van der Waals surface area contributed by atoms with Gasteiger partial charge in [-0.3, -0.25) is 4.79 Å². The summed E-state index contributed by atoms with van der Waals surface area (Å²) in [5, 5.41) is 13.0. The molecule has 0 bridgehead atoms. The number of likely N-dealkylation sites (N-methyl/N-ethyl adjacent to an activating group) is 1. The van der Waals surface area contributed by atoms with Crippen molar-refractivity contribution < 1.29 is 14.5 Å². The third kappa shape index (κ3) is 2.91. The molecule has 7 nitrogen and oxygen atoms in total. The van der Waals surface area contributed by atoms with Gasteiger partial charge in [-0.25, -0.2) is 0 Å². The average Bonchev–Trinajstić information content (AvgIpc) is 2.26. The summed E-state index contributed by atoms with van der Waals surface area (Å²) < 4.78 is 4.99. The van der Waals surface area contributed by atoms with Gasteiger partial charge in [0.15, 0.2) is 6.61 Å². The van der Waals surface area contributed by atoms with Crippen molar-refractivity contribution in [1.29, 1.82) is 0 Å². The van der Waals surface area contributed by atoms with E-state index < -0.39 is 4.92 Å². The second-order valence-electron chi connectivity index (χ2n) is 2.99. The molecular formula is C9H11N3O4. The molecule has 1 rings (SSSR count). The van der Waals surface area contributed by atoms with E-state index in [2.05, 4.69) is 10.3 Å². The molecule has 1 heterocycles. The number of aryl methyl sites for hydroxylation is 1. The van der Waals surface area contributed by atoms with Crippen molar-refractivity contribution in [3.63, 3.8) is 0 Å². The molecule has 0 saturated heterocycles. The predicted molar refractivity (Wildman–Crippen MR) is 55.2 cm³/mol. The lowest BCUT2D eigenvalue weighted by Crippen LogP contribution is -2.25. The quantitative estimate of drug-likeness (QED) is 0.592. The van der Waals surface area contributed by atoms with Gasteiger partial charge in [0.25, 0.3) is 5.91 Å². The van der Waals surface area contributed by atoms with Crippen LogP contribution in [0.4, 0.5) is 5.82 Å². The van der Waals surface area contributed by atoms with E-state index in [9.17, 15) is 14.9 Å². The predicted octanol–water partition coefficient (Wildman–Crippen LogP) is 0.423. The van der Waals surface area contributed by atoms with Crippen molar-refractivity contribution in [2.75, 3.05) is 13.7 Å². The Hall–Kier alpha value is -2.18. The first kappa shape index (κ1) is 11.9. The number of pyridine rings is 1. The third-order valence-corrected chi connectivity index (χ3v) is 1.79. The average molecular weight is 225 g/mol. The highest BCUT2D eigenvalue weighted by molar-refractivity contribution is 5.77. The SMILES string of the molecule is CNC(=O)COc1ccc(C)nc1[N+](=O)[O-]. The molecule has 7 heteroatoms. The van der Waals surface area contributed by atoms with Crippen molar-refractivity contribution >= 4 is 11.7 Å². The van der Waals surface area contributed by atoms with Gasteiger partial charge in [-0.05, 0) is 22.0 Å². The number of hydrogen-bond acceptors (Lipinski definition) is 5. The van der Waals surface area contributed by atoms with Gasteiger partial charge in [-0.1, -0.05) is 0 Å². The van der Waals surface area contributed by atoms with E-state index in [1.54, 1.807) is 13.0 Å². The first-order valence-corrected chi connectivity index (χ1v) is 4.50. The number of carbonyl (C=O) groups excluding carboxylic acids is 1. The molecule has 1 amide bonds. The van der Waals surface area contributed by atoms with Gasteiger partial charge in [-0.2, -0.15) is 0 Å². The second kappa shape index (κ2) is 5.06. The zero-order chi connectivity index (χ0) is 12.1. The Morgan fingerprint density at radius 2 is 2.31 bits per heavy atom. The van der Waals surface area contributed by atoms with Gasteiger partial charge < -0.3 is 20.2 Å². The summed E-state index contributed by atoms with van der Waals surface area (Å²) in [5.41, 5.74) is 0.513. The monoisotopic (exact) mass is 225 g/mol. The Kier molecular flexibility index (Phi) is 3.76. The Balaban J connectivity index is 2.87. The second-order valence-corrected chi connectivity index (χ2v) is 2.99. The number of ether oxygens (including phenoxy) is 1. The molecule has 0 aliphatic rings. The molecule has 0 atom stereocenters. The summed E-state index contributed by atoms with van der Waals surface area (Å²) in [6, 6.07) is 3.00. The molecule has 0 unspecified atom stereocenters. The molecule has 1 N–H and O–H groups in total. The summed E-state index contributed by atoms with van der Waals surface area (Å²) in [6.45, 7) is 1.36. The Labute approximate surface area is 91.6 Å². The van der Waals surface area contributed by atoms with Crippen LogP contribution in [0.3, 0.4) is 0 Å². The van der Waals surface area contributed by atoms with Crippen molar-refractivity contribution in [2.45, 2.75) is 6.92 Å². The van der Waals surface area contributed by atoms with Crippen molar-refractivity contribution in [2.24, 2.45) is 0 Å². The number of carbonyl (C=O) groups is 1. The minimum Gasteiger partial charge on any atom is -0.476 e. The molecular weight excluding hydrogens is 214 g/mol. The van der Waals surface area contributed by atoms with Crippen LogP contribution in [0.2, 0.25) is 0 Å². The topological polar surface area (TPSA) is 94.4 Å². The number of rotatable bonds is 4. The minimum atomic E-state index is -0.647. The van der Waals surface area contributed by atoms with Gasteiger partial charge in [-0.15, -0.1) is 0 Å². The summed E-state index contributed by atoms with van der Waals surface area (Å²) in [6.07, 6.45) is 0. The number of nitro groups is 1. The van der Waals surface area contributed by atoms with E-state index in [1.807, 2.05) is 0 Å². The number of nitrogens with one attached hydrogen (secondary N) is 1. The fourth-order valence-corrected chi connectivity index (χ4v) is 0.989. The van der Waals surface area contributed by atoms with E-state index in [-0.39, 0.29) is 24.1 Å². The standard InChI is InChI=1S/C9H11N3O4/c1-6-3-4-7(9(11-6)12(14)15)16-5-8(13)10-2/h3-4H,5H2,1-2H3,(H,10,13). The Bertz CT molecular complexity index is 419. The van der Waals surface area contributed by atoms with Crippen LogP contribution in [0.15, 0.2) is 12.1 Å². The number of aromatic nitrogens is 1. The minimum absolute atomic E-state index is 0.0146. The van der Waals surface area contributed by atoms with Gasteiger partial charge in [0.1, 0.15) is 5.69 Å². The molecule has 1 aromatic heterocycles. The van der Waals surface area contributed by atoms with Crippen LogP contribution < -0.4 is 10.1 Å². The molecule has 0 saturated carbocycles. The van der Waals surface area contributed by atoms with Crippen LogP contribution in [0.5, 0.6) is 5.75 Å². The summed E-state index contributed by atoms with van der Waals surface area (Å²) in [5.74, 6) is -0.766. The van der Waals surface area contributed by atoms with Crippen LogP contribution in [-0.4, -0.2) is 29.5 Å².